The summed E-state index contributed by atoms with van der Waals surface area (Å²) >= 11 is 5.80. The van der Waals surface area contributed by atoms with Crippen LogP contribution in [0, 0.1) is 5.82 Å². The molecular formula is C17H11ClFNO3. The van der Waals surface area contributed by atoms with E-state index in [2.05, 4.69) is 5.32 Å². The number of nitrogens with one attached hydrogen (secondary N) is 1. The maximum atomic E-state index is 13.6. The Kier molecular flexibility index (Phi) is 4.12. The number of benzene rings is 2. The number of hydrogen-bond acceptors (Lipinski definition) is 3. The second kappa shape index (κ2) is 6.22. The summed E-state index contributed by atoms with van der Waals surface area (Å²) in [5, 5.41) is 3.48. The Morgan fingerprint density at radius 2 is 1.96 bits per heavy atom. The van der Waals surface area contributed by atoms with Crippen molar-refractivity contribution in [3.63, 3.8) is 0 Å². The Bertz CT molecular complexity index is 952. The fourth-order valence-electron chi connectivity index (χ4n) is 2.17. The van der Waals surface area contributed by atoms with Gasteiger partial charge in [-0.3, -0.25) is 4.79 Å². The minimum Gasteiger partial charge on any atom is -0.422 e. The highest BCUT2D eigenvalue weighted by Crippen LogP contribution is 2.15. The second-order valence-corrected chi connectivity index (χ2v) is 5.34. The molecule has 3 rings (SSSR count). The zero-order valence-corrected chi connectivity index (χ0v) is 12.6. The van der Waals surface area contributed by atoms with Gasteiger partial charge in [0.25, 0.3) is 5.91 Å². The van der Waals surface area contributed by atoms with Crippen LogP contribution in [0.5, 0.6) is 0 Å². The van der Waals surface area contributed by atoms with Crippen LogP contribution in [0.25, 0.3) is 11.0 Å². The van der Waals surface area contributed by atoms with E-state index in [4.69, 9.17) is 16.0 Å². The van der Waals surface area contributed by atoms with E-state index in [-0.39, 0.29) is 17.7 Å². The van der Waals surface area contributed by atoms with Gasteiger partial charge in [0.1, 0.15) is 17.0 Å². The van der Waals surface area contributed by atoms with Gasteiger partial charge in [-0.25, -0.2) is 9.18 Å². The van der Waals surface area contributed by atoms with Crippen LogP contribution in [-0.2, 0) is 6.54 Å². The molecule has 2 aromatic carbocycles. The average Bonchev–Trinajstić information content (AvgIpc) is 2.54. The molecule has 1 aromatic heterocycles. The number of rotatable bonds is 3. The molecule has 0 atom stereocenters. The molecule has 0 spiro atoms. The molecule has 0 bridgehead atoms. The lowest BCUT2D eigenvalue weighted by Crippen LogP contribution is -2.28. The van der Waals surface area contributed by atoms with E-state index in [9.17, 15) is 14.0 Å². The van der Waals surface area contributed by atoms with Crippen LogP contribution in [0.1, 0.15) is 15.9 Å². The fourth-order valence-corrected chi connectivity index (χ4v) is 2.36. The van der Waals surface area contributed by atoms with E-state index in [1.165, 1.54) is 24.3 Å². The average molecular weight is 332 g/mol. The zero-order valence-electron chi connectivity index (χ0n) is 11.8. The summed E-state index contributed by atoms with van der Waals surface area (Å²) in [4.78, 5) is 24.0. The Morgan fingerprint density at radius 1 is 1.17 bits per heavy atom. The van der Waals surface area contributed by atoms with Crippen LogP contribution < -0.4 is 10.9 Å². The topological polar surface area (TPSA) is 59.3 Å². The van der Waals surface area contributed by atoms with Gasteiger partial charge in [-0.2, -0.15) is 0 Å². The van der Waals surface area contributed by atoms with Crippen molar-refractivity contribution < 1.29 is 13.6 Å². The predicted molar refractivity (Wildman–Crippen MR) is 85.1 cm³/mol. The van der Waals surface area contributed by atoms with Gasteiger partial charge in [0.2, 0.25) is 0 Å². The summed E-state index contributed by atoms with van der Waals surface area (Å²) in [5.74, 6) is -1.12. The number of hydrogen-bond donors (Lipinski definition) is 1. The molecule has 1 heterocycles. The van der Waals surface area contributed by atoms with Crippen LogP contribution in [-0.4, -0.2) is 5.91 Å². The van der Waals surface area contributed by atoms with E-state index in [1.54, 1.807) is 24.3 Å². The summed E-state index contributed by atoms with van der Waals surface area (Å²) in [6.45, 7) is -0.0858. The van der Waals surface area contributed by atoms with Crippen molar-refractivity contribution >= 4 is 28.5 Å². The maximum Gasteiger partial charge on any atom is 0.349 e. The first kappa shape index (κ1) is 15.2. The SMILES string of the molecule is O=C(NCc1cc(Cl)ccc1F)c1cc2ccccc2oc1=O. The molecule has 0 aliphatic heterocycles. The largest absolute Gasteiger partial charge is 0.422 e. The first-order chi connectivity index (χ1) is 11.0. The first-order valence-electron chi connectivity index (χ1n) is 6.79. The lowest BCUT2D eigenvalue weighted by atomic mass is 10.1. The highest BCUT2D eigenvalue weighted by atomic mass is 35.5. The Labute approximate surface area is 135 Å². The summed E-state index contributed by atoms with van der Waals surface area (Å²) in [6, 6.07) is 12.4. The van der Waals surface area contributed by atoms with Crippen LogP contribution in [0.4, 0.5) is 4.39 Å². The number of para-hydroxylation sites is 1. The van der Waals surface area contributed by atoms with Gasteiger partial charge in [-0.05, 0) is 30.3 Å². The third-order valence-corrected chi connectivity index (χ3v) is 3.57. The first-order valence-corrected chi connectivity index (χ1v) is 7.17. The van der Waals surface area contributed by atoms with E-state index < -0.39 is 17.3 Å². The molecule has 6 heteroatoms. The van der Waals surface area contributed by atoms with Gasteiger partial charge in [0.05, 0.1) is 0 Å². The minimum absolute atomic E-state index is 0.0858. The number of fused-ring (bicyclic) bond motifs is 1. The van der Waals surface area contributed by atoms with E-state index in [0.717, 1.165) is 0 Å². The van der Waals surface area contributed by atoms with E-state index in [0.29, 0.717) is 16.0 Å². The molecule has 1 N–H and O–H groups in total. The molecule has 116 valence electrons. The van der Waals surface area contributed by atoms with Crippen molar-refractivity contribution in [3.8, 4) is 0 Å². The lowest BCUT2D eigenvalue weighted by molar-refractivity contribution is 0.0947. The van der Waals surface area contributed by atoms with Gasteiger partial charge < -0.3 is 9.73 Å². The maximum absolute atomic E-state index is 13.6. The molecular weight excluding hydrogens is 321 g/mol. The molecule has 1 amide bonds. The fraction of sp³-hybridized carbons (Fsp3) is 0.0588. The lowest BCUT2D eigenvalue weighted by Gasteiger charge is -2.07. The molecule has 0 aliphatic carbocycles. The zero-order chi connectivity index (χ0) is 16.4. The quantitative estimate of drug-likeness (QED) is 0.747. The van der Waals surface area contributed by atoms with E-state index >= 15 is 0 Å². The summed E-state index contributed by atoms with van der Waals surface area (Å²) in [5.41, 5.74) is -0.245. The Morgan fingerprint density at radius 3 is 2.78 bits per heavy atom. The summed E-state index contributed by atoms with van der Waals surface area (Å²) in [7, 11) is 0. The van der Waals surface area contributed by atoms with Crippen molar-refractivity contribution in [1.82, 2.24) is 5.32 Å². The molecule has 4 nitrogen and oxygen atoms in total. The third kappa shape index (κ3) is 3.24. The van der Waals surface area contributed by atoms with Crippen LogP contribution in [0.2, 0.25) is 5.02 Å². The highest BCUT2D eigenvalue weighted by Gasteiger charge is 2.14. The molecule has 23 heavy (non-hydrogen) atoms. The molecule has 0 fully saturated rings. The Hall–Kier alpha value is -2.66. The summed E-state index contributed by atoms with van der Waals surface area (Å²) in [6.07, 6.45) is 0. The monoisotopic (exact) mass is 331 g/mol. The molecule has 0 unspecified atom stereocenters. The van der Waals surface area contributed by atoms with Crippen molar-refractivity contribution in [3.05, 3.63) is 80.9 Å². The number of carbonyl (C=O) groups excluding carboxylic acids is 1. The van der Waals surface area contributed by atoms with Crippen molar-refractivity contribution in [2.45, 2.75) is 6.54 Å². The highest BCUT2D eigenvalue weighted by molar-refractivity contribution is 6.30. The smallest absolute Gasteiger partial charge is 0.349 e. The Balaban J connectivity index is 1.85. The number of carbonyl (C=O) groups is 1. The summed E-state index contributed by atoms with van der Waals surface area (Å²) < 4.78 is 18.7. The van der Waals surface area contributed by atoms with Crippen molar-refractivity contribution in [1.29, 1.82) is 0 Å². The van der Waals surface area contributed by atoms with Gasteiger partial charge >= 0.3 is 5.63 Å². The predicted octanol–water partition coefficient (Wildman–Crippen LogP) is 3.52. The van der Waals surface area contributed by atoms with Crippen molar-refractivity contribution in [2.75, 3.05) is 0 Å². The van der Waals surface area contributed by atoms with Gasteiger partial charge in [0.15, 0.2) is 0 Å². The molecule has 3 aromatic rings. The molecule has 0 saturated carbocycles. The molecule has 0 radical (unpaired) electrons. The molecule has 0 aliphatic rings. The minimum atomic E-state index is -0.743. The normalized spacial score (nSPS) is 10.7. The van der Waals surface area contributed by atoms with Crippen LogP contribution in [0.15, 0.2) is 57.7 Å². The molecule has 0 saturated heterocycles. The number of halogens is 2. The van der Waals surface area contributed by atoms with Gasteiger partial charge in [0, 0.05) is 22.5 Å². The third-order valence-electron chi connectivity index (χ3n) is 3.33. The van der Waals surface area contributed by atoms with Gasteiger partial charge in [-0.15, -0.1) is 0 Å². The van der Waals surface area contributed by atoms with Gasteiger partial charge in [-0.1, -0.05) is 29.8 Å². The second-order valence-electron chi connectivity index (χ2n) is 4.90. The van der Waals surface area contributed by atoms with E-state index in [1.807, 2.05) is 0 Å². The van der Waals surface area contributed by atoms with Crippen LogP contribution in [0.3, 0.4) is 0 Å². The van der Waals surface area contributed by atoms with Crippen molar-refractivity contribution in [2.24, 2.45) is 0 Å². The standard InChI is InChI=1S/C17H11ClFNO3/c18-12-5-6-14(19)11(7-12)9-20-16(21)13-8-10-3-1-2-4-15(10)23-17(13)22/h1-8H,9H2,(H,20,21). The number of amides is 1. The van der Waals surface area contributed by atoms with Crippen LogP contribution >= 0.6 is 11.6 Å².